The first-order valence-electron chi connectivity index (χ1n) is 7.26. The topological polar surface area (TPSA) is 87.2 Å². The first kappa shape index (κ1) is 17.7. The molecular weight excluding hydrogens is 535 g/mol. The van der Waals surface area contributed by atoms with Gasteiger partial charge in [0.25, 0.3) is 0 Å². The van der Waals surface area contributed by atoms with Gasteiger partial charge in [-0.15, -0.1) is 0 Å². The van der Waals surface area contributed by atoms with Crippen LogP contribution < -0.4 is 11.6 Å². The number of rotatable bonds is 1. The summed E-state index contributed by atoms with van der Waals surface area (Å²) >= 11 is -1.05. The van der Waals surface area contributed by atoms with Crippen molar-refractivity contribution in [1.29, 1.82) is 0 Å². The number of aromatic carboxylic acids is 1. The summed E-state index contributed by atoms with van der Waals surface area (Å²) in [5.74, 6) is -1.19. The van der Waals surface area contributed by atoms with Crippen LogP contribution in [0, 0.1) is 0 Å². The Balaban J connectivity index is 0.000000173. The summed E-state index contributed by atoms with van der Waals surface area (Å²) in [6.45, 7) is 0. The second-order valence-corrected chi connectivity index (χ2v) is 11.6. The van der Waals surface area contributed by atoms with Crippen molar-refractivity contribution < 1.29 is 18.3 Å². The van der Waals surface area contributed by atoms with Crippen LogP contribution in [0.1, 0.15) is 10.4 Å². The monoisotopic (exact) mass is 547 g/mol. The van der Waals surface area contributed by atoms with E-state index in [0.717, 1.165) is 6.54 Å². The fraction of sp³-hybridized carbons (Fsp3) is 0. The molecule has 2 heterocycles. The summed E-state index contributed by atoms with van der Waals surface area (Å²) in [5, 5.41) is 10.0. The Kier molecular flexibility index (Phi) is 5.25. The molecule has 0 N–H and O–H groups in total. The van der Waals surface area contributed by atoms with Gasteiger partial charge in [-0.05, 0) is 6.07 Å². The second-order valence-electron chi connectivity index (χ2n) is 5.08. The van der Waals surface area contributed by atoms with E-state index in [9.17, 15) is 18.3 Å². The van der Waals surface area contributed by atoms with Crippen molar-refractivity contribution in [3.8, 4) is 0 Å². The molecule has 0 bridgehead atoms. The predicted molar refractivity (Wildman–Crippen MR) is 91.9 cm³/mol. The molecular formula is C18H12BiNO4S. The van der Waals surface area contributed by atoms with Gasteiger partial charge in [-0.2, -0.15) is 0 Å². The second kappa shape index (κ2) is 7.42. The number of carboxylic acid groups (broad SMARTS) is 1. The third kappa shape index (κ3) is 3.78. The van der Waals surface area contributed by atoms with Gasteiger partial charge < -0.3 is 9.90 Å². The van der Waals surface area contributed by atoms with Crippen LogP contribution in [0.3, 0.4) is 0 Å². The molecule has 0 saturated carbocycles. The molecule has 2 aromatic carbocycles. The minimum atomic E-state index is -3.26. The Bertz CT molecular complexity index is 969. The number of carbonyl (C=O) groups is 1. The number of pyridine rings is 1. The molecule has 0 spiro atoms. The number of hydrogen-bond donors (Lipinski definition) is 0. The molecule has 0 aliphatic carbocycles. The normalized spacial score (nSPS) is 13.6. The molecule has 124 valence electrons. The van der Waals surface area contributed by atoms with Crippen LogP contribution in [0.2, 0.25) is 0 Å². The Morgan fingerprint density at radius 1 is 0.880 bits per heavy atom. The van der Waals surface area contributed by atoms with Gasteiger partial charge in [0.05, 0.1) is 5.97 Å². The molecule has 25 heavy (non-hydrogen) atoms. The van der Waals surface area contributed by atoms with Gasteiger partial charge >= 0.3 is 106 Å². The van der Waals surface area contributed by atoms with Crippen molar-refractivity contribution in [2.24, 2.45) is 0 Å². The summed E-state index contributed by atoms with van der Waals surface area (Å²) in [6.07, 6.45) is 2.75. The van der Waals surface area contributed by atoms with Gasteiger partial charge in [0.2, 0.25) is 0 Å². The summed E-state index contributed by atoms with van der Waals surface area (Å²) in [4.78, 5) is 14.7. The summed E-state index contributed by atoms with van der Waals surface area (Å²) < 4.78 is 26.8. The molecule has 7 heteroatoms. The van der Waals surface area contributed by atoms with Crippen molar-refractivity contribution in [1.82, 2.24) is 4.98 Å². The number of carbonyl (C=O) groups excluding carboxylic acids is 1. The average molecular weight is 547 g/mol. The molecule has 3 aromatic rings. The van der Waals surface area contributed by atoms with Crippen LogP contribution in [0.5, 0.6) is 0 Å². The van der Waals surface area contributed by atoms with E-state index in [1.807, 2.05) is 24.3 Å². The fourth-order valence-corrected chi connectivity index (χ4v) is 11.0. The molecule has 2 radical (unpaired) electrons. The Labute approximate surface area is 156 Å². The Morgan fingerprint density at radius 3 is 1.88 bits per heavy atom. The van der Waals surface area contributed by atoms with Crippen LogP contribution >= 0.6 is 0 Å². The van der Waals surface area contributed by atoms with Crippen LogP contribution in [0.25, 0.3) is 0 Å². The van der Waals surface area contributed by atoms with Crippen LogP contribution in [-0.4, -0.2) is 42.6 Å². The quantitative estimate of drug-likeness (QED) is 0.312. The number of sulfone groups is 1. The number of nitrogens with zero attached hydrogens (tertiary/aromatic N) is 1. The van der Waals surface area contributed by atoms with Gasteiger partial charge in [0.15, 0.2) is 0 Å². The van der Waals surface area contributed by atoms with E-state index in [0.29, 0.717) is 9.79 Å². The van der Waals surface area contributed by atoms with Crippen LogP contribution in [-0.2, 0) is 9.84 Å². The van der Waals surface area contributed by atoms with Gasteiger partial charge in [-0.1, -0.05) is 6.07 Å². The summed E-state index contributed by atoms with van der Waals surface area (Å²) in [6, 6.07) is 17.8. The van der Waals surface area contributed by atoms with Crippen molar-refractivity contribution in [2.45, 2.75) is 9.79 Å². The molecule has 0 amide bonds. The van der Waals surface area contributed by atoms with Crippen molar-refractivity contribution in [2.75, 3.05) is 0 Å². The van der Waals surface area contributed by atoms with E-state index in [-0.39, 0.29) is 5.56 Å². The van der Waals surface area contributed by atoms with Crippen molar-refractivity contribution >= 4 is 45.6 Å². The molecule has 0 unspecified atom stereocenters. The molecule has 4 rings (SSSR count). The molecule has 0 fully saturated rings. The number of benzene rings is 2. The first-order chi connectivity index (χ1) is 12.0. The van der Waals surface area contributed by atoms with E-state index >= 15 is 0 Å². The zero-order chi connectivity index (χ0) is 17.9. The minimum absolute atomic E-state index is 0.109. The SMILES string of the molecule is O=C([O-])c1cccnc1.O=S1(=O)c2cccc[c]2[Bi+][c]2ccccc21. The number of hydrogen-bond acceptors (Lipinski definition) is 5. The van der Waals surface area contributed by atoms with Crippen molar-refractivity contribution in [3.05, 3.63) is 78.6 Å². The zero-order valence-electron chi connectivity index (χ0n) is 12.9. The molecule has 1 aliphatic rings. The van der Waals surface area contributed by atoms with Gasteiger partial charge in [0, 0.05) is 18.0 Å². The van der Waals surface area contributed by atoms with Crippen LogP contribution in [0.15, 0.2) is 82.8 Å². The van der Waals surface area contributed by atoms with E-state index < -0.39 is 39.0 Å². The Hall–Kier alpha value is -2.11. The molecule has 5 nitrogen and oxygen atoms in total. The van der Waals surface area contributed by atoms with Crippen LogP contribution in [0.4, 0.5) is 0 Å². The maximum absolute atomic E-state index is 12.3. The van der Waals surface area contributed by atoms with Gasteiger partial charge in [-0.3, -0.25) is 4.98 Å². The maximum atomic E-state index is 12.3. The van der Waals surface area contributed by atoms with Crippen molar-refractivity contribution in [3.63, 3.8) is 0 Å². The number of fused-ring (bicyclic) bond motifs is 2. The number of aromatic nitrogens is 1. The molecule has 0 atom stereocenters. The summed E-state index contributed by atoms with van der Waals surface area (Å²) in [5.41, 5.74) is 0.109. The predicted octanol–water partition coefficient (Wildman–Crippen LogP) is -0.0671. The van der Waals surface area contributed by atoms with E-state index in [4.69, 9.17) is 0 Å². The fourth-order valence-electron chi connectivity index (χ4n) is 2.29. The van der Waals surface area contributed by atoms with Gasteiger partial charge in [-0.25, -0.2) is 0 Å². The summed E-state index contributed by atoms with van der Waals surface area (Å²) in [7, 11) is -3.26. The molecule has 0 saturated heterocycles. The average Bonchev–Trinajstić information content (AvgIpc) is 2.63. The van der Waals surface area contributed by atoms with E-state index in [2.05, 4.69) is 4.98 Å². The number of carboxylic acids is 1. The third-order valence-electron chi connectivity index (χ3n) is 3.45. The molecule has 1 aromatic heterocycles. The van der Waals surface area contributed by atoms with E-state index in [1.54, 1.807) is 30.3 Å². The van der Waals surface area contributed by atoms with Gasteiger partial charge in [0.1, 0.15) is 0 Å². The van der Waals surface area contributed by atoms with E-state index in [1.165, 1.54) is 18.5 Å². The first-order valence-corrected chi connectivity index (χ1v) is 12.2. The third-order valence-corrected chi connectivity index (χ3v) is 11.5. The standard InChI is InChI=1S/C12H8O2S.C6H5NO2.Bi/c13-15(14,11-7-3-1-4-8-11)12-9-5-2-6-10-12;8-6(9)5-2-1-3-7-4-5;/h1-7,9H;1-4H,(H,8,9);/q;;+1/p-1. The molecule has 1 aliphatic heterocycles. The Morgan fingerprint density at radius 2 is 1.44 bits per heavy atom. The zero-order valence-corrected chi connectivity index (χ0v) is 17.2.